The first-order valence-corrected chi connectivity index (χ1v) is 12.5. The summed E-state index contributed by atoms with van der Waals surface area (Å²) in [7, 11) is 0. The third-order valence-corrected chi connectivity index (χ3v) is 8.12. The molecule has 1 aromatic heterocycles. The van der Waals surface area contributed by atoms with Gasteiger partial charge >= 0.3 is 5.97 Å². The number of aromatic nitrogens is 2. The van der Waals surface area contributed by atoms with Gasteiger partial charge in [0.15, 0.2) is 6.61 Å². The Morgan fingerprint density at radius 2 is 1.71 bits per heavy atom. The number of hydrogen-bond acceptors (Lipinski definition) is 4. The molecule has 0 aliphatic heterocycles. The number of nitrogens with zero attached hydrogens (tertiary/aromatic N) is 3. The van der Waals surface area contributed by atoms with Crippen LogP contribution >= 0.6 is 0 Å². The summed E-state index contributed by atoms with van der Waals surface area (Å²) in [6, 6.07) is 8.34. The van der Waals surface area contributed by atoms with Crippen LogP contribution in [-0.2, 0) is 27.4 Å². The van der Waals surface area contributed by atoms with Gasteiger partial charge in [-0.15, -0.1) is 0 Å². The van der Waals surface area contributed by atoms with E-state index in [0.29, 0.717) is 30.8 Å². The van der Waals surface area contributed by atoms with E-state index in [1.165, 1.54) is 31.4 Å². The molecule has 0 radical (unpaired) electrons. The first kappa shape index (κ1) is 23.1. The first-order valence-electron chi connectivity index (χ1n) is 12.5. The monoisotopic (exact) mass is 467 g/mol. The van der Waals surface area contributed by atoms with Crippen LogP contribution in [0.1, 0.15) is 61.9 Å². The summed E-state index contributed by atoms with van der Waals surface area (Å²) in [6.45, 7) is 4.47. The van der Waals surface area contributed by atoms with Crippen LogP contribution in [0.15, 0.2) is 30.3 Å². The Morgan fingerprint density at radius 3 is 2.26 bits per heavy atom. The fourth-order valence-electron chi connectivity index (χ4n) is 7.08. The van der Waals surface area contributed by atoms with E-state index in [-0.39, 0.29) is 30.3 Å². The Bertz CT molecular complexity index is 1030. The smallest absolute Gasteiger partial charge is 0.308 e. The number of aryl methyl sites for hydroxylation is 3. The fourth-order valence-corrected chi connectivity index (χ4v) is 7.08. The van der Waals surface area contributed by atoms with E-state index in [0.717, 1.165) is 36.2 Å². The lowest BCUT2D eigenvalue weighted by molar-refractivity contribution is -0.163. The minimum absolute atomic E-state index is 0.147. The number of amides is 1. The normalized spacial score (nSPS) is 27.1. The maximum Gasteiger partial charge on any atom is 0.308 e. The number of benzene rings is 1. The Balaban J connectivity index is 1.27. The minimum Gasteiger partial charge on any atom is -0.456 e. The zero-order chi connectivity index (χ0) is 23.9. The van der Waals surface area contributed by atoms with Gasteiger partial charge in [0.25, 0.3) is 5.91 Å². The molecule has 34 heavy (non-hydrogen) atoms. The van der Waals surface area contributed by atoms with Gasteiger partial charge in [-0.3, -0.25) is 14.3 Å². The van der Waals surface area contributed by atoms with Crippen molar-refractivity contribution < 1.29 is 18.7 Å². The van der Waals surface area contributed by atoms with E-state index in [1.54, 1.807) is 16.8 Å². The van der Waals surface area contributed by atoms with Crippen molar-refractivity contribution in [1.82, 2.24) is 14.7 Å². The predicted octanol–water partition coefficient (Wildman–Crippen LogP) is 4.57. The fraction of sp³-hybridized carbons (Fsp3) is 0.593. The molecule has 4 bridgehead atoms. The molecule has 1 heterocycles. The Labute approximate surface area is 200 Å². The highest BCUT2D eigenvalue weighted by atomic mass is 19.1. The van der Waals surface area contributed by atoms with Crippen molar-refractivity contribution in [3.63, 3.8) is 0 Å². The zero-order valence-corrected chi connectivity index (χ0v) is 20.1. The molecule has 4 saturated carbocycles. The summed E-state index contributed by atoms with van der Waals surface area (Å²) in [5.41, 5.74) is 2.64. The largest absolute Gasteiger partial charge is 0.456 e. The van der Waals surface area contributed by atoms with Gasteiger partial charge in [-0.05, 0) is 93.9 Å². The molecule has 0 N–H and O–H groups in total. The Hall–Kier alpha value is -2.70. The second-order valence-corrected chi connectivity index (χ2v) is 10.8. The lowest BCUT2D eigenvalue weighted by Crippen LogP contribution is -2.61. The van der Waals surface area contributed by atoms with Crippen molar-refractivity contribution in [3.8, 4) is 0 Å². The highest BCUT2D eigenvalue weighted by Crippen LogP contribution is 2.58. The van der Waals surface area contributed by atoms with Gasteiger partial charge < -0.3 is 9.64 Å². The summed E-state index contributed by atoms with van der Waals surface area (Å²) in [5.74, 6) is 1.21. The highest BCUT2D eigenvalue weighted by molar-refractivity contribution is 5.81. The van der Waals surface area contributed by atoms with E-state index < -0.39 is 5.97 Å². The predicted molar refractivity (Wildman–Crippen MR) is 125 cm³/mol. The number of carbonyl (C=O) groups is 2. The van der Waals surface area contributed by atoms with Gasteiger partial charge in [0.1, 0.15) is 5.82 Å². The summed E-state index contributed by atoms with van der Waals surface area (Å²) in [6.07, 6.45) is 7.08. The highest BCUT2D eigenvalue weighted by Gasteiger charge is 2.54. The molecular formula is C27H34FN3O3. The number of rotatable bonds is 8. The van der Waals surface area contributed by atoms with Crippen LogP contribution < -0.4 is 0 Å². The zero-order valence-electron chi connectivity index (χ0n) is 20.1. The maximum atomic E-state index is 13.5. The molecule has 0 saturated heterocycles. The topological polar surface area (TPSA) is 64.4 Å². The van der Waals surface area contributed by atoms with Crippen LogP contribution in [0.3, 0.4) is 0 Å². The van der Waals surface area contributed by atoms with E-state index in [1.807, 2.05) is 24.8 Å². The third-order valence-electron chi connectivity index (χ3n) is 8.12. The molecule has 4 aliphatic carbocycles. The van der Waals surface area contributed by atoms with E-state index in [2.05, 4.69) is 5.10 Å². The number of esters is 1. The minimum atomic E-state index is -0.395. The summed E-state index contributed by atoms with van der Waals surface area (Å²) in [4.78, 5) is 27.9. The molecule has 0 atom stereocenters. The molecule has 4 aliphatic rings. The van der Waals surface area contributed by atoms with Gasteiger partial charge in [-0.1, -0.05) is 12.1 Å². The van der Waals surface area contributed by atoms with E-state index in [9.17, 15) is 14.0 Å². The van der Waals surface area contributed by atoms with Crippen LogP contribution in [0.2, 0.25) is 0 Å². The SMILES string of the molecule is Cc1cc(C)n(CCC(=O)OCC(=O)N(Cc2ccc(F)cc2)C23CC4CC(CC(C4)C2)C3)n1. The van der Waals surface area contributed by atoms with Gasteiger partial charge in [-0.25, -0.2) is 4.39 Å². The lowest BCUT2D eigenvalue weighted by Gasteiger charge is -2.60. The lowest BCUT2D eigenvalue weighted by atomic mass is 9.52. The second kappa shape index (κ2) is 9.16. The molecule has 1 amide bonds. The van der Waals surface area contributed by atoms with Gasteiger partial charge in [0, 0.05) is 17.8 Å². The molecule has 7 heteroatoms. The Morgan fingerprint density at radius 1 is 1.09 bits per heavy atom. The van der Waals surface area contributed by atoms with Crippen molar-refractivity contribution in [2.75, 3.05) is 6.61 Å². The van der Waals surface area contributed by atoms with Crippen molar-refractivity contribution in [1.29, 1.82) is 0 Å². The molecule has 6 rings (SSSR count). The Kier molecular flexibility index (Phi) is 6.21. The standard InChI is InChI=1S/C27H34FN3O3/c1-18-9-19(2)31(29-18)8-7-26(33)34-17-25(32)30(16-20-3-5-24(28)6-4-20)27-13-21-10-22(14-27)12-23(11-21)15-27/h3-6,9,21-23H,7-8,10-17H2,1-2H3. The summed E-state index contributed by atoms with van der Waals surface area (Å²) < 4.78 is 20.7. The summed E-state index contributed by atoms with van der Waals surface area (Å²) >= 11 is 0. The van der Waals surface area contributed by atoms with Crippen LogP contribution in [0.4, 0.5) is 4.39 Å². The second-order valence-electron chi connectivity index (χ2n) is 10.8. The van der Waals surface area contributed by atoms with Crippen LogP contribution in [0, 0.1) is 37.4 Å². The van der Waals surface area contributed by atoms with Crippen molar-refractivity contribution in [2.24, 2.45) is 17.8 Å². The molecule has 1 aromatic carbocycles. The van der Waals surface area contributed by atoms with E-state index in [4.69, 9.17) is 4.74 Å². The van der Waals surface area contributed by atoms with Gasteiger partial charge in [0.05, 0.1) is 18.7 Å². The molecule has 0 unspecified atom stereocenters. The molecular weight excluding hydrogens is 433 g/mol. The molecule has 0 spiro atoms. The van der Waals surface area contributed by atoms with E-state index >= 15 is 0 Å². The number of halogens is 1. The van der Waals surface area contributed by atoms with Crippen molar-refractivity contribution in [2.45, 2.75) is 77.4 Å². The third kappa shape index (κ3) is 4.75. The first-order chi connectivity index (χ1) is 16.3. The number of ether oxygens (including phenoxy) is 1. The quantitative estimate of drug-likeness (QED) is 0.534. The molecule has 182 valence electrons. The molecule has 2 aromatic rings. The van der Waals surface area contributed by atoms with Crippen LogP contribution in [-0.4, -0.2) is 38.7 Å². The van der Waals surface area contributed by atoms with Crippen LogP contribution in [0.5, 0.6) is 0 Å². The average molecular weight is 468 g/mol. The molecule has 4 fully saturated rings. The number of carbonyl (C=O) groups excluding carboxylic acids is 2. The maximum absolute atomic E-state index is 13.5. The van der Waals surface area contributed by atoms with Crippen molar-refractivity contribution in [3.05, 3.63) is 53.1 Å². The van der Waals surface area contributed by atoms with Crippen molar-refractivity contribution >= 4 is 11.9 Å². The summed E-state index contributed by atoms with van der Waals surface area (Å²) in [5, 5.41) is 4.37. The average Bonchev–Trinajstić information content (AvgIpc) is 3.11. The number of hydrogen-bond donors (Lipinski definition) is 0. The molecule has 6 nitrogen and oxygen atoms in total. The van der Waals surface area contributed by atoms with Gasteiger partial charge in [-0.2, -0.15) is 5.10 Å². The van der Waals surface area contributed by atoms with Gasteiger partial charge in [0.2, 0.25) is 0 Å². The van der Waals surface area contributed by atoms with Crippen LogP contribution in [0.25, 0.3) is 0 Å².